The van der Waals surface area contributed by atoms with Gasteiger partial charge in [0, 0.05) is 12.1 Å². The average Bonchev–Trinajstić information content (AvgIpc) is 2.46. The molecule has 0 bridgehead atoms. The van der Waals surface area contributed by atoms with Crippen LogP contribution in [0.2, 0.25) is 0 Å². The predicted molar refractivity (Wildman–Crippen MR) is 78.2 cm³/mol. The first-order valence-electron chi connectivity index (χ1n) is 5.78. The Hall–Kier alpha value is -2.48. The van der Waals surface area contributed by atoms with Crippen molar-refractivity contribution in [3.05, 3.63) is 72.7 Å². The molecule has 0 aliphatic carbocycles. The number of para-hydroxylation sites is 2. The number of hydrogen-bond acceptors (Lipinski definition) is 5. The van der Waals surface area contributed by atoms with Gasteiger partial charge in [-0.15, -0.1) is 0 Å². The first-order chi connectivity index (χ1) is 9.99. The molecule has 0 heterocycles. The van der Waals surface area contributed by atoms with E-state index in [0.29, 0.717) is 10.0 Å². The van der Waals surface area contributed by atoms with Crippen LogP contribution in [-0.2, 0) is 6.61 Å². The third-order valence-electron chi connectivity index (χ3n) is 2.66. The van der Waals surface area contributed by atoms with Crippen molar-refractivity contribution in [2.45, 2.75) is 6.61 Å². The summed E-state index contributed by atoms with van der Waals surface area (Å²) in [5.74, 6) is 0.119. The van der Waals surface area contributed by atoms with Crippen molar-refractivity contribution in [1.29, 1.82) is 0 Å². The lowest BCUT2D eigenvalue weighted by molar-refractivity contribution is -0.386. The zero-order valence-corrected chi connectivity index (χ0v) is 12.1. The molecule has 0 atom stereocenters. The van der Waals surface area contributed by atoms with Gasteiger partial charge in [-0.05, 0) is 33.6 Å². The number of benzene rings is 2. The van der Waals surface area contributed by atoms with Gasteiger partial charge in [0.1, 0.15) is 6.61 Å². The Bertz CT molecular complexity index is 705. The van der Waals surface area contributed by atoms with E-state index in [2.05, 4.69) is 15.9 Å². The fourth-order valence-corrected chi connectivity index (χ4v) is 2.07. The zero-order valence-electron chi connectivity index (χ0n) is 10.6. The number of rotatable bonds is 5. The second-order valence-electron chi connectivity index (χ2n) is 4.06. The van der Waals surface area contributed by atoms with Gasteiger partial charge in [0.05, 0.1) is 14.3 Å². The van der Waals surface area contributed by atoms with E-state index in [1.54, 1.807) is 12.1 Å². The molecular formula is C13H9BrN2O5. The molecule has 108 valence electrons. The second kappa shape index (κ2) is 6.31. The number of halogens is 1. The lowest BCUT2D eigenvalue weighted by Gasteiger charge is -2.07. The van der Waals surface area contributed by atoms with Gasteiger partial charge in [0.15, 0.2) is 5.75 Å². The van der Waals surface area contributed by atoms with E-state index < -0.39 is 9.85 Å². The van der Waals surface area contributed by atoms with Crippen LogP contribution in [0.3, 0.4) is 0 Å². The minimum absolute atomic E-state index is 0.00102. The molecule has 8 heteroatoms. The zero-order chi connectivity index (χ0) is 15.4. The Morgan fingerprint density at radius 2 is 1.67 bits per heavy atom. The first kappa shape index (κ1) is 14.9. The average molecular weight is 353 g/mol. The van der Waals surface area contributed by atoms with Crippen molar-refractivity contribution in [1.82, 2.24) is 0 Å². The van der Waals surface area contributed by atoms with Crippen LogP contribution in [0.4, 0.5) is 11.4 Å². The van der Waals surface area contributed by atoms with Crippen LogP contribution >= 0.6 is 15.9 Å². The highest BCUT2D eigenvalue weighted by molar-refractivity contribution is 9.10. The SMILES string of the molecule is O=[N+]([O-])c1cc(COc2ccccc2[N+](=O)[O-])ccc1Br. The predicted octanol–water partition coefficient (Wildman–Crippen LogP) is 3.84. The summed E-state index contributed by atoms with van der Waals surface area (Å²) < 4.78 is 5.74. The summed E-state index contributed by atoms with van der Waals surface area (Å²) in [5.41, 5.74) is 0.311. The summed E-state index contributed by atoms with van der Waals surface area (Å²) in [6.45, 7) is -0.00102. The Morgan fingerprint density at radius 3 is 2.33 bits per heavy atom. The normalized spacial score (nSPS) is 10.1. The van der Waals surface area contributed by atoms with Crippen LogP contribution in [0.5, 0.6) is 5.75 Å². The van der Waals surface area contributed by atoms with Crippen LogP contribution in [0, 0.1) is 20.2 Å². The van der Waals surface area contributed by atoms with Crippen LogP contribution < -0.4 is 4.74 Å². The van der Waals surface area contributed by atoms with Crippen LogP contribution in [0.1, 0.15) is 5.56 Å². The molecule has 2 aromatic rings. The second-order valence-corrected chi connectivity index (χ2v) is 4.91. The molecule has 0 radical (unpaired) electrons. The van der Waals surface area contributed by atoms with Crippen LogP contribution in [0.25, 0.3) is 0 Å². The lowest BCUT2D eigenvalue weighted by atomic mass is 10.2. The summed E-state index contributed by atoms with van der Waals surface area (Å²) >= 11 is 3.09. The molecule has 0 fully saturated rings. The molecule has 2 rings (SSSR count). The molecular weight excluding hydrogens is 344 g/mol. The molecule has 0 amide bonds. The van der Waals surface area contributed by atoms with Gasteiger partial charge in [-0.3, -0.25) is 20.2 Å². The highest BCUT2D eigenvalue weighted by atomic mass is 79.9. The highest BCUT2D eigenvalue weighted by Crippen LogP contribution is 2.29. The summed E-state index contributed by atoms with van der Waals surface area (Å²) in [7, 11) is 0. The highest BCUT2D eigenvalue weighted by Gasteiger charge is 2.15. The minimum Gasteiger partial charge on any atom is -0.482 e. The Balaban J connectivity index is 2.19. The molecule has 0 N–H and O–H groups in total. The van der Waals surface area contributed by atoms with Gasteiger partial charge in [-0.25, -0.2) is 0 Å². The number of nitro benzene ring substituents is 2. The molecule has 7 nitrogen and oxygen atoms in total. The Labute approximate surface area is 127 Å². The van der Waals surface area contributed by atoms with Gasteiger partial charge in [-0.1, -0.05) is 18.2 Å². The topological polar surface area (TPSA) is 95.5 Å². The van der Waals surface area contributed by atoms with E-state index in [9.17, 15) is 20.2 Å². The maximum Gasteiger partial charge on any atom is 0.310 e. The minimum atomic E-state index is -0.542. The van der Waals surface area contributed by atoms with Crippen molar-refractivity contribution in [2.24, 2.45) is 0 Å². The maximum absolute atomic E-state index is 10.9. The first-order valence-corrected chi connectivity index (χ1v) is 6.57. The van der Waals surface area contributed by atoms with Crippen molar-refractivity contribution in [3.63, 3.8) is 0 Å². The quantitative estimate of drug-likeness (QED) is 0.601. The Morgan fingerprint density at radius 1 is 1.00 bits per heavy atom. The van der Waals surface area contributed by atoms with Crippen molar-refractivity contribution in [2.75, 3.05) is 0 Å². The van der Waals surface area contributed by atoms with Crippen LogP contribution in [0.15, 0.2) is 46.9 Å². The molecule has 2 aromatic carbocycles. The molecule has 0 saturated carbocycles. The van der Waals surface area contributed by atoms with Crippen molar-refractivity contribution < 1.29 is 14.6 Å². The fourth-order valence-electron chi connectivity index (χ4n) is 1.68. The van der Waals surface area contributed by atoms with Gasteiger partial charge in [0.25, 0.3) is 5.69 Å². The summed E-state index contributed by atoms with van der Waals surface area (Å²) in [6.07, 6.45) is 0. The van der Waals surface area contributed by atoms with E-state index in [1.165, 1.54) is 30.3 Å². The number of ether oxygens (including phenoxy) is 1. The van der Waals surface area contributed by atoms with Crippen LogP contribution in [-0.4, -0.2) is 9.85 Å². The number of nitrogens with zero attached hydrogens (tertiary/aromatic N) is 2. The molecule has 0 spiro atoms. The van der Waals surface area contributed by atoms with Crippen molar-refractivity contribution in [3.8, 4) is 5.75 Å². The summed E-state index contributed by atoms with van der Waals surface area (Å²) in [6, 6.07) is 10.5. The standard InChI is InChI=1S/C13H9BrN2O5/c14-10-6-5-9(7-12(10)16(19)20)8-21-13-4-2-1-3-11(13)15(17)18/h1-7H,8H2. The molecule has 0 saturated heterocycles. The largest absolute Gasteiger partial charge is 0.482 e. The smallest absolute Gasteiger partial charge is 0.310 e. The third kappa shape index (κ3) is 3.54. The molecule has 21 heavy (non-hydrogen) atoms. The molecule has 0 unspecified atom stereocenters. The fraction of sp³-hybridized carbons (Fsp3) is 0.0769. The molecule has 0 aromatic heterocycles. The van der Waals surface area contributed by atoms with E-state index in [4.69, 9.17) is 4.74 Å². The lowest BCUT2D eigenvalue weighted by Crippen LogP contribution is -2.00. The van der Waals surface area contributed by atoms with Gasteiger partial charge in [0.2, 0.25) is 0 Å². The van der Waals surface area contributed by atoms with Crippen molar-refractivity contribution >= 4 is 27.3 Å². The van der Waals surface area contributed by atoms with Gasteiger partial charge in [-0.2, -0.15) is 0 Å². The third-order valence-corrected chi connectivity index (χ3v) is 3.33. The maximum atomic E-state index is 10.9. The van der Waals surface area contributed by atoms with E-state index in [-0.39, 0.29) is 23.7 Å². The summed E-state index contributed by atoms with van der Waals surface area (Å²) in [5, 5.41) is 21.7. The monoisotopic (exact) mass is 352 g/mol. The summed E-state index contributed by atoms with van der Waals surface area (Å²) in [4.78, 5) is 20.6. The van der Waals surface area contributed by atoms with Gasteiger partial charge < -0.3 is 4.74 Å². The van der Waals surface area contributed by atoms with Gasteiger partial charge >= 0.3 is 5.69 Å². The molecule has 0 aliphatic rings. The molecule has 0 aliphatic heterocycles. The number of hydrogen-bond donors (Lipinski definition) is 0. The van der Waals surface area contributed by atoms with E-state index >= 15 is 0 Å². The Kier molecular flexibility index (Phi) is 4.49. The van der Waals surface area contributed by atoms with E-state index in [0.717, 1.165) is 0 Å². The van der Waals surface area contributed by atoms with E-state index in [1.807, 2.05) is 0 Å². The number of nitro groups is 2.